The van der Waals surface area contributed by atoms with Gasteiger partial charge in [0.05, 0.1) is 12.7 Å². The highest BCUT2D eigenvalue weighted by Crippen LogP contribution is 2.38. The zero-order valence-electron chi connectivity index (χ0n) is 13.9. The van der Waals surface area contributed by atoms with Crippen LogP contribution in [0, 0.1) is 25.2 Å². The first-order valence-corrected chi connectivity index (χ1v) is 7.78. The van der Waals surface area contributed by atoms with Crippen molar-refractivity contribution < 1.29 is 9.53 Å². The van der Waals surface area contributed by atoms with E-state index in [1.54, 1.807) is 7.11 Å². The lowest BCUT2D eigenvalue weighted by atomic mass is 9.70. The van der Waals surface area contributed by atoms with Crippen molar-refractivity contribution >= 4 is 5.78 Å². The van der Waals surface area contributed by atoms with Crippen LogP contribution in [0.15, 0.2) is 12.1 Å². The molecular formula is C18H27NO2. The second-order valence-corrected chi connectivity index (χ2v) is 6.75. The van der Waals surface area contributed by atoms with Crippen LogP contribution in [0.4, 0.5) is 0 Å². The number of hydrogen-bond acceptors (Lipinski definition) is 3. The molecule has 0 aromatic heterocycles. The molecule has 0 amide bonds. The number of carbonyl (C=O) groups excluding carboxylic acids is 1. The number of ether oxygens (including phenoxy) is 1. The maximum atomic E-state index is 13.2. The van der Waals surface area contributed by atoms with Gasteiger partial charge in [-0.3, -0.25) is 4.79 Å². The van der Waals surface area contributed by atoms with E-state index in [4.69, 9.17) is 4.74 Å². The lowest BCUT2D eigenvalue weighted by Crippen LogP contribution is -2.42. The van der Waals surface area contributed by atoms with Gasteiger partial charge >= 0.3 is 0 Å². The summed E-state index contributed by atoms with van der Waals surface area (Å²) in [5, 5.41) is 3.42. The molecule has 1 aliphatic rings. The van der Waals surface area contributed by atoms with Gasteiger partial charge in [0, 0.05) is 5.41 Å². The number of nitrogens with one attached hydrogen (secondary N) is 1. The van der Waals surface area contributed by atoms with Crippen LogP contribution in [-0.2, 0) is 0 Å². The topological polar surface area (TPSA) is 38.3 Å². The van der Waals surface area contributed by atoms with E-state index >= 15 is 0 Å². The Labute approximate surface area is 128 Å². The average molecular weight is 289 g/mol. The van der Waals surface area contributed by atoms with Gasteiger partial charge in [0.15, 0.2) is 5.78 Å². The van der Waals surface area contributed by atoms with E-state index in [9.17, 15) is 4.79 Å². The van der Waals surface area contributed by atoms with Crippen LogP contribution in [0.3, 0.4) is 0 Å². The Morgan fingerprint density at radius 2 is 2.05 bits per heavy atom. The van der Waals surface area contributed by atoms with E-state index in [2.05, 4.69) is 25.2 Å². The zero-order chi connectivity index (χ0) is 15.6. The van der Waals surface area contributed by atoms with Crippen LogP contribution in [0.1, 0.15) is 48.2 Å². The molecule has 116 valence electrons. The lowest BCUT2D eigenvalue weighted by Gasteiger charge is -2.36. The van der Waals surface area contributed by atoms with E-state index in [1.165, 1.54) is 0 Å². The fourth-order valence-electron chi connectivity index (χ4n) is 3.36. The highest BCUT2D eigenvalue weighted by molar-refractivity contribution is 6.03. The minimum atomic E-state index is -0.374. The Kier molecular flexibility index (Phi) is 4.72. The number of piperidine rings is 1. The number of aryl methyl sites for hydroxylation is 2. The summed E-state index contributed by atoms with van der Waals surface area (Å²) in [6.45, 7) is 10.2. The summed E-state index contributed by atoms with van der Waals surface area (Å²) in [6.07, 6.45) is 2.25. The fourth-order valence-corrected chi connectivity index (χ4v) is 3.36. The summed E-state index contributed by atoms with van der Waals surface area (Å²) in [6, 6.07) is 4.01. The van der Waals surface area contributed by atoms with Crippen molar-refractivity contribution in [2.45, 2.75) is 40.5 Å². The summed E-state index contributed by atoms with van der Waals surface area (Å²) < 4.78 is 5.47. The first-order chi connectivity index (χ1) is 9.87. The van der Waals surface area contributed by atoms with Gasteiger partial charge in [-0.05, 0) is 62.9 Å². The first kappa shape index (κ1) is 16.0. The van der Waals surface area contributed by atoms with Gasteiger partial charge in [0.1, 0.15) is 5.75 Å². The molecule has 1 aromatic carbocycles. The van der Waals surface area contributed by atoms with Crippen molar-refractivity contribution in [2.75, 3.05) is 20.2 Å². The molecule has 1 fully saturated rings. The highest BCUT2D eigenvalue weighted by Gasteiger charge is 2.39. The molecular weight excluding hydrogens is 262 g/mol. The smallest absolute Gasteiger partial charge is 0.172 e. The van der Waals surface area contributed by atoms with Gasteiger partial charge < -0.3 is 10.1 Å². The Bertz CT molecular complexity index is 528. The molecule has 0 bridgehead atoms. The maximum Gasteiger partial charge on any atom is 0.172 e. The molecule has 1 saturated heterocycles. The minimum absolute atomic E-state index is 0.200. The SMILES string of the molecule is COc1cc(C)cc(C)c1C(=O)C(C)(C)C1CCCNC1. The maximum absolute atomic E-state index is 13.2. The Morgan fingerprint density at radius 1 is 1.33 bits per heavy atom. The van der Waals surface area contributed by atoms with Crippen molar-refractivity contribution in [2.24, 2.45) is 11.3 Å². The number of Topliss-reactive ketones (excluding diaryl/α,β-unsaturated/α-hetero) is 1. The molecule has 0 saturated carbocycles. The Balaban J connectivity index is 2.38. The third-order valence-electron chi connectivity index (χ3n) is 4.79. The molecule has 3 nitrogen and oxygen atoms in total. The monoisotopic (exact) mass is 289 g/mol. The summed E-state index contributed by atoms with van der Waals surface area (Å²) >= 11 is 0. The van der Waals surface area contributed by atoms with Crippen molar-refractivity contribution in [1.82, 2.24) is 5.32 Å². The van der Waals surface area contributed by atoms with E-state index in [1.807, 2.05) is 19.9 Å². The van der Waals surface area contributed by atoms with Gasteiger partial charge in [-0.2, -0.15) is 0 Å². The van der Waals surface area contributed by atoms with Crippen LogP contribution in [0.5, 0.6) is 5.75 Å². The Hall–Kier alpha value is -1.35. The molecule has 1 unspecified atom stereocenters. The largest absolute Gasteiger partial charge is 0.496 e. The molecule has 3 heteroatoms. The molecule has 1 atom stereocenters. The molecule has 1 aromatic rings. The average Bonchev–Trinajstić information content (AvgIpc) is 2.46. The number of rotatable bonds is 4. The van der Waals surface area contributed by atoms with Crippen molar-refractivity contribution in [3.8, 4) is 5.75 Å². The molecule has 21 heavy (non-hydrogen) atoms. The van der Waals surface area contributed by atoms with Crippen LogP contribution in [0.25, 0.3) is 0 Å². The van der Waals surface area contributed by atoms with E-state index < -0.39 is 0 Å². The standard InChI is InChI=1S/C18H27NO2/c1-12-9-13(2)16(15(10-12)21-5)17(20)18(3,4)14-7-6-8-19-11-14/h9-10,14,19H,6-8,11H2,1-5H3. The highest BCUT2D eigenvalue weighted by atomic mass is 16.5. The Morgan fingerprint density at radius 3 is 2.62 bits per heavy atom. The van der Waals surface area contributed by atoms with E-state index in [0.717, 1.165) is 42.6 Å². The van der Waals surface area contributed by atoms with Crippen LogP contribution in [-0.4, -0.2) is 26.0 Å². The molecule has 2 rings (SSSR count). The summed E-state index contributed by atoms with van der Waals surface area (Å²) in [7, 11) is 1.64. The van der Waals surface area contributed by atoms with Crippen LogP contribution < -0.4 is 10.1 Å². The van der Waals surface area contributed by atoms with Crippen LogP contribution in [0.2, 0.25) is 0 Å². The molecule has 0 aliphatic carbocycles. The van der Waals surface area contributed by atoms with E-state index in [-0.39, 0.29) is 11.2 Å². The van der Waals surface area contributed by atoms with E-state index in [0.29, 0.717) is 11.7 Å². The quantitative estimate of drug-likeness (QED) is 0.862. The molecule has 1 heterocycles. The number of benzene rings is 1. The molecule has 1 N–H and O–H groups in total. The minimum Gasteiger partial charge on any atom is -0.496 e. The van der Waals surface area contributed by atoms with Crippen molar-refractivity contribution in [3.63, 3.8) is 0 Å². The summed E-state index contributed by atoms with van der Waals surface area (Å²) in [5.41, 5.74) is 2.51. The number of hydrogen-bond donors (Lipinski definition) is 1. The van der Waals surface area contributed by atoms with Gasteiger partial charge in [-0.1, -0.05) is 19.9 Å². The number of carbonyl (C=O) groups is 1. The summed E-state index contributed by atoms with van der Waals surface area (Å²) in [5.74, 6) is 1.28. The van der Waals surface area contributed by atoms with Gasteiger partial charge in [0.25, 0.3) is 0 Å². The first-order valence-electron chi connectivity index (χ1n) is 7.78. The molecule has 1 aliphatic heterocycles. The second-order valence-electron chi connectivity index (χ2n) is 6.75. The van der Waals surface area contributed by atoms with Gasteiger partial charge in [0.2, 0.25) is 0 Å². The fraction of sp³-hybridized carbons (Fsp3) is 0.611. The predicted octanol–water partition coefficient (Wildman–Crippen LogP) is 3.52. The summed E-state index contributed by atoms with van der Waals surface area (Å²) in [4.78, 5) is 13.2. The third-order valence-corrected chi connectivity index (χ3v) is 4.79. The predicted molar refractivity (Wildman–Crippen MR) is 86.2 cm³/mol. The van der Waals surface area contributed by atoms with Crippen molar-refractivity contribution in [1.29, 1.82) is 0 Å². The molecule has 0 radical (unpaired) electrons. The third kappa shape index (κ3) is 3.13. The number of ketones is 1. The van der Waals surface area contributed by atoms with Crippen LogP contribution >= 0.6 is 0 Å². The normalized spacial score (nSPS) is 19.4. The molecule has 0 spiro atoms. The lowest BCUT2D eigenvalue weighted by molar-refractivity contribution is 0.0704. The van der Waals surface area contributed by atoms with Gasteiger partial charge in [-0.15, -0.1) is 0 Å². The van der Waals surface area contributed by atoms with Gasteiger partial charge in [-0.25, -0.2) is 0 Å². The second kappa shape index (κ2) is 6.18. The number of methoxy groups -OCH3 is 1. The van der Waals surface area contributed by atoms with Crippen molar-refractivity contribution in [3.05, 3.63) is 28.8 Å². The zero-order valence-corrected chi connectivity index (χ0v) is 13.9.